The average Bonchev–Trinajstić information content (AvgIpc) is 3.41. The van der Waals surface area contributed by atoms with Crippen LogP contribution >= 0.6 is 11.8 Å². The molecular weight excluding hydrogens is 390 g/mol. The fourth-order valence-corrected chi connectivity index (χ4v) is 4.37. The average molecular weight is 411 g/mol. The minimum atomic E-state index is -0.418. The molecule has 150 valence electrons. The molecule has 3 heterocycles. The molecule has 1 aliphatic rings. The van der Waals surface area contributed by atoms with Crippen LogP contribution in [0, 0.1) is 0 Å². The number of para-hydroxylation sites is 1. The monoisotopic (exact) mass is 411 g/mol. The van der Waals surface area contributed by atoms with Crippen LogP contribution in [0.3, 0.4) is 0 Å². The van der Waals surface area contributed by atoms with E-state index in [1.165, 1.54) is 17.3 Å². The number of carbonyl (C=O) groups excluding carboxylic acids is 2. The highest BCUT2D eigenvalue weighted by molar-refractivity contribution is 7.99. The van der Waals surface area contributed by atoms with Gasteiger partial charge in [-0.2, -0.15) is 0 Å². The molecule has 0 aliphatic carbocycles. The number of nitrogens with two attached hydrogens (primary N) is 1. The van der Waals surface area contributed by atoms with Crippen molar-refractivity contribution in [3.63, 3.8) is 0 Å². The number of amides is 2. The molecule has 1 aromatic carbocycles. The molecule has 29 heavy (non-hydrogen) atoms. The largest absolute Gasteiger partial charge is 0.461 e. The summed E-state index contributed by atoms with van der Waals surface area (Å²) in [5.41, 5.74) is 7.46. The summed E-state index contributed by atoms with van der Waals surface area (Å²) in [4.78, 5) is 26.1. The molecule has 4 rings (SSSR count). The normalized spacial score (nSPS) is 15.5. The quantitative estimate of drug-likeness (QED) is 0.599. The van der Waals surface area contributed by atoms with Gasteiger partial charge in [-0.1, -0.05) is 30.0 Å². The molecule has 9 heteroatoms. The summed E-state index contributed by atoms with van der Waals surface area (Å²) in [5.74, 6) is 0.856. The number of nitrogens with zero attached hydrogens (tertiary/aromatic N) is 4. The van der Waals surface area contributed by atoms with Crippen LogP contribution in [-0.4, -0.2) is 38.4 Å². The Labute approximate surface area is 172 Å². The first-order valence-corrected chi connectivity index (χ1v) is 10.3. The second kappa shape index (κ2) is 8.12. The number of anilines is 1. The van der Waals surface area contributed by atoms with Gasteiger partial charge in [-0.05, 0) is 37.1 Å². The molecule has 0 fully saturated rings. The summed E-state index contributed by atoms with van der Waals surface area (Å²) >= 11 is 1.29. The summed E-state index contributed by atoms with van der Waals surface area (Å²) in [6.07, 6.45) is 2.54. The van der Waals surface area contributed by atoms with Crippen LogP contribution in [0.4, 0.5) is 5.69 Å². The van der Waals surface area contributed by atoms with Crippen LogP contribution in [0.1, 0.15) is 18.9 Å². The molecule has 3 aromatic rings. The van der Waals surface area contributed by atoms with Gasteiger partial charge in [0.25, 0.3) is 0 Å². The summed E-state index contributed by atoms with van der Waals surface area (Å²) in [7, 11) is 0. The number of furan rings is 1. The van der Waals surface area contributed by atoms with Gasteiger partial charge in [-0.25, -0.2) is 0 Å². The van der Waals surface area contributed by atoms with E-state index in [9.17, 15) is 9.59 Å². The van der Waals surface area contributed by atoms with E-state index in [2.05, 4.69) is 16.3 Å². The highest BCUT2D eigenvalue weighted by Gasteiger charge is 2.30. The maximum Gasteiger partial charge on any atom is 0.237 e. The molecule has 0 bridgehead atoms. The molecule has 0 saturated heterocycles. The van der Waals surface area contributed by atoms with E-state index in [0.717, 1.165) is 12.1 Å². The fourth-order valence-electron chi connectivity index (χ4n) is 3.55. The Morgan fingerprint density at radius 3 is 2.83 bits per heavy atom. The number of primary amides is 1. The van der Waals surface area contributed by atoms with Gasteiger partial charge >= 0.3 is 0 Å². The molecule has 0 unspecified atom stereocenters. The number of fused-ring (bicyclic) bond motifs is 1. The molecule has 0 radical (unpaired) electrons. The van der Waals surface area contributed by atoms with Crippen LogP contribution < -0.4 is 10.6 Å². The van der Waals surface area contributed by atoms with Gasteiger partial charge in [0.1, 0.15) is 0 Å². The number of carbonyl (C=O) groups is 2. The zero-order chi connectivity index (χ0) is 20.4. The molecule has 1 aliphatic heterocycles. The van der Waals surface area contributed by atoms with Gasteiger partial charge < -0.3 is 15.1 Å². The first-order valence-electron chi connectivity index (χ1n) is 9.32. The van der Waals surface area contributed by atoms with Gasteiger partial charge in [0.2, 0.25) is 11.8 Å². The first-order chi connectivity index (χ1) is 14.0. The lowest BCUT2D eigenvalue weighted by molar-refractivity contribution is -0.118. The van der Waals surface area contributed by atoms with Crippen LogP contribution in [0.2, 0.25) is 0 Å². The number of benzene rings is 1. The van der Waals surface area contributed by atoms with Gasteiger partial charge in [-0.15, -0.1) is 10.2 Å². The second-order valence-corrected chi connectivity index (χ2v) is 7.83. The van der Waals surface area contributed by atoms with Crippen molar-refractivity contribution in [1.82, 2.24) is 14.8 Å². The number of aromatic nitrogens is 3. The Hall–Kier alpha value is -3.07. The molecule has 2 N–H and O–H groups in total. The Kier molecular flexibility index (Phi) is 5.39. The summed E-state index contributed by atoms with van der Waals surface area (Å²) in [6.45, 7) is 2.37. The maximum atomic E-state index is 13.0. The van der Waals surface area contributed by atoms with Crippen LogP contribution in [0.25, 0.3) is 11.6 Å². The molecular formula is C20H21N5O3S. The van der Waals surface area contributed by atoms with E-state index in [1.807, 2.05) is 30.0 Å². The minimum absolute atomic E-state index is 0.0106. The van der Waals surface area contributed by atoms with Crippen LogP contribution in [0.5, 0.6) is 0 Å². The van der Waals surface area contributed by atoms with Crippen molar-refractivity contribution in [2.24, 2.45) is 5.73 Å². The number of hydrogen-bond donors (Lipinski definition) is 1. The van der Waals surface area contributed by atoms with Gasteiger partial charge in [0, 0.05) is 24.7 Å². The third-order valence-electron chi connectivity index (χ3n) is 4.84. The zero-order valence-electron chi connectivity index (χ0n) is 15.9. The van der Waals surface area contributed by atoms with Gasteiger partial charge in [-0.3, -0.25) is 14.2 Å². The number of thioether (sulfide) groups is 1. The molecule has 1 atom stereocenters. The molecule has 0 spiro atoms. The molecule has 8 nitrogen and oxygen atoms in total. The minimum Gasteiger partial charge on any atom is -0.461 e. The predicted molar refractivity (Wildman–Crippen MR) is 109 cm³/mol. The first kappa shape index (κ1) is 19.3. The van der Waals surface area contributed by atoms with E-state index in [1.54, 1.807) is 23.0 Å². The highest BCUT2D eigenvalue weighted by Crippen LogP contribution is 2.33. The van der Waals surface area contributed by atoms with Crippen molar-refractivity contribution < 1.29 is 14.0 Å². The lowest BCUT2D eigenvalue weighted by Gasteiger charge is -2.22. The fraction of sp³-hybridized carbons (Fsp3) is 0.300. The Morgan fingerprint density at radius 2 is 2.07 bits per heavy atom. The van der Waals surface area contributed by atoms with E-state index < -0.39 is 5.91 Å². The van der Waals surface area contributed by atoms with E-state index in [-0.39, 0.29) is 24.1 Å². The summed E-state index contributed by atoms with van der Waals surface area (Å²) < 4.78 is 7.18. The molecule has 2 amide bonds. The van der Waals surface area contributed by atoms with Gasteiger partial charge in [0.15, 0.2) is 16.7 Å². The molecule has 0 saturated carbocycles. The van der Waals surface area contributed by atoms with Crippen molar-refractivity contribution in [1.29, 1.82) is 0 Å². The zero-order valence-corrected chi connectivity index (χ0v) is 16.8. The summed E-state index contributed by atoms with van der Waals surface area (Å²) in [5, 5.41) is 8.94. The lowest BCUT2D eigenvalue weighted by atomic mass is 10.1. The standard InChI is InChI=1S/C20H21N5O3S/c1-13-11-14-5-2-3-6-15(14)25(13)18(27)12-29-20-23-22-19(16-7-4-10-28-16)24(20)9-8-17(21)26/h2-7,10,13H,8-9,11-12H2,1H3,(H2,21,26)/t13-/m1/s1. The predicted octanol–water partition coefficient (Wildman–Crippen LogP) is 2.48. The third-order valence-corrected chi connectivity index (χ3v) is 5.79. The Balaban J connectivity index is 1.52. The van der Waals surface area contributed by atoms with Crippen molar-refractivity contribution in [3.8, 4) is 11.6 Å². The third kappa shape index (κ3) is 3.91. The molecule has 2 aromatic heterocycles. The smallest absolute Gasteiger partial charge is 0.237 e. The van der Waals surface area contributed by atoms with Crippen LogP contribution in [-0.2, 0) is 22.6 Å². The number of hydrogen-bond acceptors (Lipinski definition) is 6. The van der Waals surface area contributed by atoms with Crippen molar-refractivity contribution >= 4 is 29.3 Å². The second-order valence-electron chi connectivity index (χ2n) is 6.89. The van der Waals surface area contributed by atoms with Crippen LogP contribution in [0.15, 0.2) is 52.2 Å². The Morgan fingerprint density at radius 1 is 1.24 bits per heavy atom. The maximum absolute atomic E-state index is 13.0. The van der Waals surface area contributed by atoms with Crippen molar-refractivity contribution in [3.05, 3.63) is 48.2 Å². The van der Waals surface area contributed by atoms with Gasteiger partial charge in [0.05, 0.1) is 12.0 Å². The topological polar surface area (TPSA) is 107 Å². The lowest BCUT2D eigenvalue weighted by Crippen LogP contribution is -2.37. The Bertz CT molecular complexity index is 1030. The van der Waals surface area contributed by atoms with E-state index in [0.29, 0.717) is 23.3 Å². The van der Waals surface area contributed by atoms with E-state index >= 15 is 0 Å². The van der Waals surface area contributed by atoms with Crippen molar-refractivity contribution in [2.75, 3.05) is 10.7 Å². The van der Waals surface area contributed by atoms with Crippen molar-refractivity contribution in [2.45, 2.75) is 37.5 Å². The summed E-state index contributed by atoms with van der Waals surface area (Å²) in [6, 6.07) is 11.6. The SMILES string of the molecule is C[C@@H]1Cc2ccccc2N1C(=O)CSc1nnc(-c2ccco2)n1CCC(N)=O. The van der Waals surface area contributed by atoms with E-state index in [4.69, 9.17) is 10.2 Å². The number of rotatable bonds is 7. The highest BCUT2D eigenvalue weighted by atomic mass is 32.2.